The standard InChI is InChI=1S/C18H36N2O/c1-8-13(5)11-15(7)20-16(10-12(3)4)19-17(18(20)21)14(6)9-2/h12-17,19H,8-11H2,1-7H3. The van der Waals surface area contributed by atoms with Crippen molar-refractivity contribution in [2.45, 2.75) is 92.4 Å². The van der Waals surface area contributed by atoms with Crippen LogP contribution in [0.1, 0.15) is 74.1 Å². The van der Waals surface area contributed by atoms with Crippen molar-refractivity contribution in [1.29, 1.82) is 0 Å². The smallest absolute Gasteiger partial charge is 0.241 e. The molecule has 1 aliphatic rings. The SMILES string of the molecule is CCC(C)CC(C)N1C(=O)C(C(C)CC)NC1CC(C)C. The van der Waals surface area contributed by atoms with E-state index in [1.807, 2.05) is 0 Å². The van der Waals surface area contributed by atoms with E-state index < -0.39 is 0 Å². The van der Waals surface area contributed by atoms with Crippen LogP contribution in [0.3, 0.4) is 0 Å². The van der Waals surface area contributed by atoms with Crippen molar-refractivity contribution in [1.82, 2.24) is 10.2 Å². The first-order valence-electron chi connectivity index (χ1n) is 8.89. The van der Waals surface area contributed by atoms with E-state index in [2.05, 4.69) is 58.7 Å². The van der Waals surface area contributed by atoms with Gasteiger partial charge in [0.05, 0.1) is 12.2 Å². The van der Waals surface area contributed by atoms with Gasteiger partial charge in [0, 0.05) is 6.04 Å². The first-order chi connectivity index (χ1) is 9.81. The van der Waals surface area contributed by atoms with Gasteiger partial charge in [0.25, 0.3) is 0 Å². The van der Waals surface area contributed by atoms with Crippen molar-refractivity contribution in [2.24, 2.45) is 17.8 Å². The lowest BCUT2D eigenvalue weighted by Gasteiger charge is -2.32. The van der Waals surface area contributed by atoms with Crippen molar-refractivity contribution in [3.8, 4) is 0 Å². The molecule has 0 spiro atoms. The van der Waals surface area contributed by atoms with Gasteiger partial charge in [-0.1, -0.05) is 54.4 Å². The van der Waals surface area contributed by atoms with Crippen LogP contribution in [-0.2, 0) is 4.79 Å². The summed E-state index contributed by atoms with van der Waals surface area (Å²) >= 11 is 0. The summed E-state index contributed by atoms with van der Waals surface area (Å²) in [5.74, 6) is 2.01. The van der Waals surface area contributed by atoms with Gasteiger partial charge in [-0.3, -0.25) is 10.1 Å². The average molecular weight is 296 g/mol. The summed E-state index contributed by atoms with van der Waals surface area (Å²) in [5.41, 5.74) is 0. The summed E-state index contributed by atoms with van der Waals surface area (Å²) in [6.07, 6.45) is 4.60. The molecule has 0 radical (unpaired) electrons. The lowest BCUT2D eigenvalue weighted by Crippen LogP contribution is -2.44. The predicted molar refractivity (Wildman–Crippen MR) is 90.0 cm³/mol. The molecule has 3 nitrogen and oxygen atoms in total. The number of nitrogens with zero attached hydrogens (tertiary/aromatic N) is 1. The predicted octanol–water partition coefficient (Wildman–Crippen LogP) is 4.03. The highest BCUT2D eigenvalue weighted by Crippen LogP contribution is 2.27. The van der Waals surface area contributed by atoms with Crippen molar-refractivity contribution in [3.05, 3.63) is 0 Å². The third-order valence-electron chi connectivity index (χ3n) is 5.05. The highest BCUT2D eigenvalue weighted by molar-refractivity contribution is 5.85. The van der Waals surface area contributed by atoms with E-state index in [0.29, 0.717) is 29.7 Å². The van der Waals surface area contributed by atoms with Gasteiger partial charge in [-0.15, -0.1) is 0 Å². The number of amides is 1. The summed E-state index contributed by atoms with van der Waals surface area (Å²) < 4.78 is 0. The minimum absolute atomic E-state index is 0.0122. The Bertz CT molecular complexity index is 329. The molecule has 5 atom stereocenters. The van der Waals surface area contributed by atoms with Crippen LogP contribution in [-0.4, -0.2) is 29.1 Å². The number of hydrogen-bond acceptors (Lipinski definition) is 2. The van der Waals surface area contributed by atoms with Gasteiger partial charge in [0.15, 0.2) is 0 Å². The van der Waals surface area contributed by atoms with Crippen molar-refractivity contribution in [3.63, 3.8) is 0 Å². The minimum atomic E-state index is 0.0122. The zero-order valence-electron chi connectivity index (χ0n) is 15.1. The highest BCUT2D eigenvalue weighted by atomic mass is 16.2. The molecule has 0 aliphatic carbocycles. The van der Waals surface area contributed by atoms with Crippen LogP contribution >= 0.6 is 0 Å². The maximum Gasteiger partial charge on any atom is 0.241 e. The van der Waals surface area contributed by atoms with Crippen molar-refractivity contribution in [2.75, 3.05) is 0 Å². The summed E-state index contributed by atoms with van der Waals surface area (Å²) in [4.78, 5) is 15.0. The Morgan fingerprint density at radius 1 is 1.10 bits per heavy atom. The lowest BCUT2D eigenvalue weighted by molar-refractivity contribution is -0.133. The van der Waals surface area contributed by atoms with E-state index in [-0.39, 0.29) is 12.2 Å². The van der Waals surface area contributed by atoms with Crippen LogP contribution < -0.4 is 5.32 Å². The monoisotopic (exact) mass is 296 g/mol. The molecule has 3 heteroatoms. The second-order valence-electron chi connectivity index (χ2n) is 7.52. The molecule has 1 aliphatic heterocycles. The molecule has 124 valence electrons. The van der Waals surface area contributed by atoms with E-state index in [0.717, 1.165) is 19.3 Å². The number of rotatable bonds is 8. The van der Waals surface area contributed by atoms with Crippen LogP contribution in [0.4, 0.5) is 0 Å². The molecule has 0 aromatic heterocycles. The van der Waals surface area contributed by atoms with Crippen LogP contribution in [0.5, 0.6) is 0 Å². The van der Waals surface area contributed by atoms with Gasteiger partial charge in [-0.2, -0.15) is 0 Å². The lowest BCUT2D eigenvalue weighted by atomic mass is 9.97. The van der Waals surface area contributed by atoms with Gasteiger partial charge < -0.3 is 4.90 Å². The third kappa shape index (κ3) is 4.70. The molecule has 1 fully saturated rings. The summed E-state index contributed by atoms with van der Waals surface area (Å²) in [6.45, 7) is 15.6. The molecular formula is C18H36N2O. The Morgan fingerprint density at radius 2 is 1.71 bits per heavy atom. The molecule has 1 N–H and O–H groups in total. The Hall–Kier alpha value is -0.570. The van der Waals surface area contributed by atoms with Crippen LogP contribution in [0, 0.1) is 17.8 Å². The average Bonchev–Trinajstić information content (AvgIpc) is 2.73. The normalized spacial score (nSPS) is 27.2. The van der Waals surface area contributed by atoms with Crippen LogP contribution in [0.15, 0.2) is 0 Å². The van der Waals surface area contributed by atoms with Gasteiger partial charge in [-0.25, -0.2) is 0 Å². The van der Waals surface area contributed by atoms with Gasteiger partial charge in [0.2, 0.25) is 5.91 Å². The first kappa shape index (κ1) is 18.5. The molecule has 1 heterocycles. The first-order valence-corrected chi connectivity index (χ1v) is 8.89. The number of carbonyl (C=O) groups is 1. The second kappa shape index (κ2) is 8.17. The van der Waals surface area contributed by atoms with E-state index >= 15 is 0 Å². The molecule has 0 aromatic carbocycles. The fourth-order valence-corrected chi connectivity index (χ4v) is 3.33. The van der Waals surface area contributed by atoms with Crippen molar-refractivity contribution >= 4 is 5.91 Å². The largest absolute Gasteiger partial charge is 0.323 e. The molecule has 0 saturated carbocycles. The molecule has 1 amide bonds. The van der Waals surface area contributed by atoms with Crippen LogP contribution in [0.25, 0.3) is 0 Å². The van der Waals surface area contributed by atoms with Crippen molar-refractivity contribution < 1.29 is 4.79 Å². The zero-order chi connectivity index (χ0) is 16.2. The quantitative estimate of drug-likeness (QED) is 0.733. The third-order valence-corrected chi connectivity index (χ3v) is 5.05. The molecule has 5 unspecified atom stereocenters. The Labute approximate surface area is 131 Å². The minimum Gasteiger partial charge on any atom is -0.323 e. The maximum absolute atomic E-state index is 12.9. The van der Waals surface area contributed by atoms with E-state index in [9.17, 15) is 4.79 Å². The van der Waals surface area contributed by atoms with Gasteiger partial charge in [0.1, 0.15) is 0 Å². The fraction of sp³-hybridized carbons (Fsp3) is 0.944. The number of nitrogens with one attached hydrogen (secondary N) is 1. The van der Waals surface area contributed by atoms with E-state index in [4.69, 9.17) is 0 Å². The maximum atomic E-state index is 12.9. The van der Waals surface area contributed by atoms with E-state index in [1.165, 1.54) is 6.42 Å². The molecule has 0 aromatic rings. The Balaban J connectivity index is 2.86. The molecular weight excluding hydrogens is 260 g/mol. The van der Waals surface area contributed by atoms with Gasteiger partial charge >= 0.3 is 0 Å². The second-order valence-corrected chi connectivity index (χ2v) is 7.52. The van der Waals surface area contributed by atoms with E-state index in [1.54, 1.807) is 0 Å². The fourth-order valence-electron chi connectivity index (χ4n) is 3.33. The molecule has 21 heavy (non-hydrogen) atoms. The molecule has 1 saturated heterocycles. The Morgan fingerprint density at radius 3 is 2.19 bits per heavy atom. The van der Waals surface area contributed by atoms with Crippen LogP contribution in [0.2, 0.25) is 0 Å². The topological polar surface area (TPSA) is 32.3 Å². The van der Waals surface area contributed by atoms with Gasteiger partial charge in [-0.05, 0) is 37.5 Å². The molecule has 0 bridgehead atoms. The molecule has 1 rings (SSSR count). The summed E-state index contributed by atoms with van der Waals surface area (Å²) in [7, 11) is 0. The number of hydrogen-bond donors (Lipinski definition) is 1. The zero-order valence-corrected chi connectivity index (χ0v) is 15.1. The Kier molecular flexibility index (Phi) is 7.19. The summed E-state index contributed by atoms with van der Waals surface area (Å²) in [6, 6.07) is 0.343. The highest BCUT2D eigenvalue weighted by Gasteiger charge is 2.43. The summed E-state index contributed by atoms with van der Waals surface area (Å²) in [5, 5.41) is 3.62. The number of carbonyl (C=O) groups excluding carboxylic acids is 1.